The molecule has 0 bridgehead atoms. The first-order chi connectivity index (χ1) is 8.06. The topological polar surface area (TPSA) is 50.2 Å². The van der Waals surface area contributed by atoms with Gasteiger partial charge in [0, 0.05) is 0 Å². The number of halogens is 2. The molecule has 0 atom stereocenters. The van der Waals surface area contributed by atoms with Gasteiger partial charge in [0.1, 0.15) is 5.82 Å². The van der Waals surface area contributed by atoms with Crippen molar-refractivity contribution in [1.29, 1.82) is 0 Å². The molecule has 6 heteroatoms. The van der Waals surface area contributed by atoms with Gasteiger partial charge in [-0.25, -0.2) is 9.37 Å². The highest BCUT2D eigenvalue weighted by molar-refractivity contribution is 9.11. The van der Waals surface area contributed by atoms with Crippen molar-refractivity contribution in [3.63, 3.8) is 0 Å². The zero-order valence-corrected chi connectivity index (χ0v) is 10.9. The van der Waals surface area contributed by atoms with Gasteiger partial charge >= 0.3 is 5.97 Å². The summed E-state index contributed by atoms with van der Waals surface area (Å²) in [5, 5.41) is 8.78. The van der Waals surface area contributed by atoms with Gasteiger partial charge in [-0.1, -0.05) is 12.1 Å². The number of carboxylic acid groups (broad SMARTS) is 1. The second kappa shape index (κ2) is 4.93. The van der Waals surface area contributed by atoms with E-state index in [9.17, 15) is 9.18 Å². The van der Waals surface area contributed by atoms with Gasteiger partial charge in [-0.05, 0) is 33.6 Å². The summed E-state index contributed by atoms with van der Waals surface area (Å²) in [5.41, 5.74) is 1.09. The van der Waals surface area contributed by atoms with Crippen molar-refractivity contribution in [2.24, 2.45) is 0 Å². The van der Waals surface area contributed by atoms with Crippen LogP contribution in [0.25, 0.3) is 10.4 Å². The SMILES string of the molecule is O=C(O)Cc1nc(Br)sc1-c1cccc(F)c1. The standard InChI is InChI=1S/C11H7BrFNO2S/c12-11-14-8(5-9(15)16)10(17-11)6-2-1-3-7(13)4-6/h1-4H,5H2,(H,15,16). The molecule has 0 amide bonds. The van der Waals surface area contributed by atoms with Crippen molar-refractivity contribution in [1.82, 2.24) is 4.98 Å². The highest BCUT2D eigenvalue weighted by atomic mass is 79.9. The van der Waals surface area contributed by atoms with Crippen molar-refractivity contribution in [2.75, 3.05) is 0 Å². The van der Waals surface area contributed by atoms with Gasteiger partial charge in [0.2, 0.25) is 0 Å². The maximum Gasteiger partial charge on any atom is 0.309 e. The molecule has 0 spiro atoms. The third kappa shape index (κ3) is 2.89. The van der Waals surface area contributed by atoms with E-state index < -0.39 is 5.97 Å². The van der Waals surface area contributed by atoms with Crippen LogP contribution in [0.5, 0.6) is 0 Å². The van der Waals surface area contributed by atoms with Gasteiger partial charge in [-0.15, -0.1) is 11.3 Å². The summed E-state index contributed by atoms with van der Waals surface area (Å²) < 4.78 is 13.7. The Morgan fingerprint density at radius 1 is 1.53 bits per heavy atom. The second-order valence-corrected chi connectivity index (χ2v) is 5.60. The van der Waals surface area contributed by atoms with Gasteiger partial charge < -0.3 is 5.11 Å². The van der Waals surface area contributed by atoms with Crippen LogP contribution in [-0.2, 0) is 11.2 Å². The number of hydrogen-bond acceptors (Lipinski definition) is 3. The molecule has 17 heavy (non-hydrogen) atoms. The highest BCUT2D eigenvalue weighted by Crippen LogP contribution is 2.33. The first-order valence-electron chi connectivity index (χ1n) is 4.69. The molecule has 88 valence electrons. The molecule has 2 rings (SSSR count). The maximum absolute atomic E-state index is 13.1. The molecule has 0 radical (unpaired) electrons. The fraction of sp³-hybridized carbons (Fsp3) is 0.0909. The van der Waals surface area contributed by atoms with Crippen LogP contribution in [0.15, 0.2) is 28.2 Å². The Bertz CT molecular complexity index is 570. The van der Waals surface area contributed by atoms with E-state index in [0.717, 1.165) is 0 Å². The lowest BCUT2D eigenvalue weighted by molar-refractivity contribution is -0.136. The van der Waals surface area contributed by atoms with Crippen LogP contribution in [0.4, 0.5) is 4.39 Å². The Morgan fingerprint density at radius 2 is 2.29 bits per heavy atom. The predicted octanol–water partition coefficient (Wildman–Crippen LogP) is 3.34. The molecular formula is C11H7BrFNO2S. The van der Waals surface area contributed by atoms with E-state index in [4.69, 9.17) is 5.11 Å². The lowest BCUT2D eigenvalue weighted by Gasteiger charge is -2.00. The molecule has 1 N–H and O–H groups in total. The predicted molar refractivity (Wildman–Crippen MR) is 66.5 cm³/mol. The monoisotopic (exact) mass is 315 g/mol. The minimum atomic E-state index is -0.958. The van der Waals surface area contributed by atoms with Gasteiger partial charge in [-0.2, -0.15) is 0 Å². The van der Waals surface area contributed by atoms with Crippen molar-refractivity contribution < 1.29 is 14.3 Å². The number of rotatable bonds is 3. The average Bonchev–Trinajstić information content (AvgIpc) is 2.58. The summed E-state index contributed by atoms with van der Waals surface area (Å²) in [6.45, 7) is 0. The Balaban J connectivity index is 2.47. The summed E-state index contributed by atoms with van der Waals surface area (Å²) in [5.74, 6) is -1.31. The van der Waals surface area contributed by atoms with Crippen LogP contribution in [0.1, 0.15) is 5.69 Å². The number of thiazole rings is 1. The first kappa shape index (κ1) is 12.2. The quantitative estimate of drug-likeness (QED) is 0.945. The molecule has 0 aliphatic carbocycles. The molecule has 3 nitrogen and oxygen atoms in total. The summed E-state index contributed by atoms with van der Waals surface area (Å²) in [7, 11) is 0. The number of carboxylic acids is 1. The van der Waals surface area contributed by atoms with E-state index in [1.54, 1.807) is 12.1 Å². The zero-order valence-electron chi connectivity index (χ0n) is 8.48. The smallest absolute Gasteiger partial charge is 0.309 e. The summed E-state index contributed by atoms with van der Waals surface area (Å²) in [6, 6.07) is 6.03. The number of benzene rings is 1. The fourth-order valence-electron chi connectivity index (χ4n) is 1.44. The maximum atomic E-state index is 13.1. The molecule has 0 saturated carbocycles. The Kier molecular flexibility index (Phi) is 3.54. The number of aliphatic carboxylic acids is 1. The number of nitrogens with zero attached hydrogens (tertiary/aromatic N) is 1. The summed E-state index contributed by atoms with van der Waals surface area (Å²) in [4.78, 5) is 15.5. The van der Waals surface area contributed by atoms with E-state index in [1.165, 1.54) is 23.5 Å². The van der Waals surface area contributed by atoms with E-state index in [-0.39, 0.29) is 12.2 Å². The molecule has 1 aromatic carbocycles. The van der Waals surface area contributed by atoms with Gasteiger partial charge in [0.25, 0.3) is 0 Å². The van der Waals surface area contributed by atoms with Crippen LogP contribution in [-0.4, -0.2) is 16.1 Å². The summed E-state index contributed by atoms with van der Waals surface area (Å²) in [6.07, 6.45) is -0.173. The van der Waals surface area contributed by atoms with Crippen LogP contribution < -0.4 is 0 Å². The minimum absolute atomic E-state index is 0.173. The van der Waals surface area contributed by atoms with Crippen molar-refractivity contribution >= 4 is 33.2 Å². The van der Waals surface area contributed by atoms with Gasteiger partial charge in [0.05, 0.1) is 17.0 Å². The second-order valence-electron chi connectivity index (χ2n) is 3.32. The highest BCUT2D eigenvalue weighted by Gasteiger charge is 2.15. The molecule has 0 unspecified atom stereocenters. The number of carbonyl (C=O) groups is 1. The molecule has 0 aliphatic rings. The Hall–Kier alpha value is -1.27. The third-order valence-corrected chi connectivity index (χ3v) is 3.67. The molecule has 0 aliphatic heterocycles. The van der Waals surface area contributed by atoms with Crippen LogP contribution in [0, 0.1) is 5.82 Å². The molecule has 1 heterocycles. The molecule has 0 fully saturated rings. The van der Waals surface area contributed by atoms with E-state index in [2.05, 4.69) is 20.9 Å². The minimum Gasteiger partial charge on any atom is -0.481 e. The van der Waals surface area contributed by atoms with Crippen molar-refractivity contribution in [2.45, 2.75) is 6.42 Å². The average molecular weight is 316 g/mol. The lowest BCUT2D eigenvalue weighted by Crippen LogP contribution is -2.01. The summed E-state index contributed by atoms with van der Waals surface area (Å²) >= 11 is 4.50. The third-order valence-electron chi connectivity index (χ3n) is 2.08. The molecule has 1 aromatic heterocycles. The van der Waals surface area contributed by atoms with Crippen LogP contribution in [0.2, 0.25) is 0 Å². The first-order valence-corrected chi connectivity index (χ1v) is 6.30. The van der Waals surface area contributed by atoms with Crippen molar-refractivity contribution in [3.8, 4) is 10.4 Å². The fourth-order valence-corrected chi connectivity index (χ4v) is 2.95. The molecular weight excluding hydrogens is 309 g/mol. The van der Waals surface area contributed by atoms with Crippen LogP contribution >= 0.6 is 27.3 Å². The zero-order chi connectivity index (χ0) is 12.4. The number of aromatic nitrogens is 1. The lowest BCUT2D eigenvalue weighted by atomic mass is 10.1. The Labute approximate surface area is 109 Å². The molecule has 2 aromatic rings. The Morgan fingerprint density at radius 3 is 2.94 bits per heavy atom. The van der Waals surface area contributed by atoms with Gasteiger partial charge in [-0.3, -0.25) is 4.79 Å². The molecule has 0 saturated heterocycles. The van der Waals surface area contributed by atoms with E-state index in [1.807, 2.05) is 0 Å². The van der Waals surface area contributed by atoms with E-state index >= 15 is 0 Å². The largest absolute Gasteiger partial charge is 0.481 e. The van der Waals surface area contributed by atoms with Crippen molar-refractivity contribution in [3.05, 3.63) is 39.7 Å². The van der Waals surface area contributed by atoms with Gasteiger partial charge in [0.15, 0.2) is 3.92 Å². The normalized spacial score (nSPS) is 10.5. The number of hydrogen-bond donors (Lipinski definition) is 1. The van der Waals surface area contributed by atoms with Crippen LogP contribution in [0.3, 0.4) is 0 Å². The van der Waals surface area contributed by atoms with E-state index in [0.29, 0.717) is 20.1 Å².